The fourth-order valence-corrected chi connectivity index (χ4v) is 3.85. The zero-order valence-electron chi connectivity index (χ0n) is 16.2. The lowest BCUT2D eigenvalue weighted by Gasteiger charge is -2.11. The Hall–Kier alpha value is -2.25. The quantitative estimate of drug-likeness (QED) is 0.209. The van der Waals surface area contributed by atoms with E-state index in [1.165, 1.54) is 0 Å². The molecule has 0 aliphatic carbocycles. The van der Waals surface area contributed by atoms with E-state index in [4.69, 9.17) is 31.2 Å². The fraction of sp³-hybridized carbons (Fsp3) is 0.261. The number of benzene rings is 2. The molecule has 0 N–H and O–H groups in total. The molecule has 0 unspecified atom stereocenters. The van der Waals surface area contributed by atoms with Crippen LogP contribution in [0.4, 0.5) is 0 Å². The van der Waals surface area contributed by atoms with Gasteiger partial charge in [0.2, 0.25) is 0 Å². The summed E-state index contributed by atoms with van der Waals surface area (Å²) in [5.74, 6) is 1.46. The highest BCUT2D eigenvalue weighted by atomic mass is 32.1. The predicted octanol–water partition coefficient (Wildman–Crippen LogP) is 5.73. The third-order valence-corrected chi connectivity index (χ3v) is 5.33. The lowest BCUT2D eigenvalue weighted by atomic mass is 10.2. The number of hydrogen-bond acceptors (Lipinski definition) is 6. The minimum Gasteiger partial charge on any atom is -0.491 e. The van der Waals surface area contributed by atoms with Crippen molar-refractivity contribution in [3.8, 4) is 5.75 Å². The number of hydrogen-bond donors (Lipinski definition) is 0. The second-order valence-electron chi connectivity index (χ2n) is 6.14. The first kappa shape index (κ1) is 21.5. The van der Waals surface area contributed by atoms with Crippen LogP contribution < -0.4 is 4.74 Å². The Morgan fingerprint density at radius 2 is 1.48 bits per heavy atom. The lowest BCUT2D eigenvalue weighted by Crippen LogP contribution is -2.12. The average Bonchev–Trinajstić information content (AvgIpc) is 2.75. The Morgan fingerprint density at radius 1 is 0.828 bits per heavy atom. The minimum atomic E-state index is 0.461. The van der Waals surface area contributed by atoms with Gasteiger partial charge in [-0.1, -0.05) is 61.3 Å². The van der Waals surface area contributed by atoms with Gasteiger partial charge in [0.25, 0.3) is 0 Å². The van der Waals surface area contributed by atoms with Gasteiger partial charge in [-0.25, -0.2) is 0 Å². The Morgan fingerprint density at radius 3 is 2.28 bits per heavy atom. The zero-order chi connectivity index (χ0) is 20.3. The minimum absolute atomic E-state index is 0.461. The molecular formula is C23H24O4S2. The van der Waals surface area contributed by atoms with Crippen LogP contribution in [0, 0.1) is 3.82 Å². The van der Waals surface area contributed by atoms with Crippen LogP contribution in [0.1, 0.15) is 5.56 Å². The molecule has 0 saturated carbocycles. The summed E-state index contributed by atoms with van der Waals surface area (Å²) in [6.45, 7) is 6.84. The van der Waals surface area contributed by atoms with E-state index >= 15 is 0 Å². The van der Waals surface area contributed by atoms with E-state index in [1.54, 1.807) is 11.3 Å². The molecule has 0 atom stereocenters. The molecule has 3 rings (SSSR count). The zero-order valence-corrected chi connectivity index (χ0v) is 17.8. The van der Waals surface area contributed by atoms with Crippen molar-refractivity contribution < 1.29 is 18.9 Å². The van der Waals surface area contributed by atoms with E-state index < -0.39 is 0 Å². The van der Waals surface area contributed by atoms with Crippen LogP contribution in [-0.4, -0.2) is 39.6 Å². The Bertz CT molecular complexity index is 969. The highest BCUT2D eigenvalue weighted by Crippen LogP contribution is 2.29. The summed E-state index contributed by atoms with van der Waals surface area (Å²) in [7, 11) is 0. The van der Waals surface area contributed by atoms with Gasteiger partial charge in [-0.2, -0.15) is 0 Å². The molecule has 0 radical (unpaired) electrons. The number of ether oxygens (including phenoxy) is 4. The summed E-state index contributed by atoms with van der Waals surface area (Å²) in [4.78, 5) is 0. The van der Waals surface area contributed by atoms with Crippen LogP contribution in [0.15, 0.2) is 67.2 Å². The largest absolute Gasteiger partial charge is 0.491 e. The number of fused-ring (bicyclic) bond motifs is 1. The third kappa shape index (κ3) is 6.94. The predicted molar refractivity (Wildman–Crippen MR) is 121 cm³/mol. The molecule has 6 heteroatoms. The second-order valence-corrected chi connectivity index (χ2v) is 7.92. The molecule has 0 saturated heterocycles. The van der Waals surface area contributed by atoms with Crippen molar-refractivity contribution in [2.75, 3.05) is 39.6 Å². The van der Waals surface area contributed by atoms with E-state index in [1.807, 2.05) is 54.6 Å². The van der Waals surface area contributed by atoms with Gasteiger partial charge < -0.3 is 18.9 Å². The molecule has 0 aliphatic heterocycles. The second kappa shape index (κ2) is 11.7. The van der Waals surface area contributed by atoms with Crippen molar-refractivity contribution in [3.05, 3.63) is 76.6 Å². The normalized spacial score (nSPS) is 10.8. The summed E-state index contributed by atoms with van der Waals surface area (Å²) < 4.78 is 24.5. The molecule has 1 heterocycles. The maximum absolute atomic E-state index is 5.86. The molecule has 152 valence electrons. The van der Waals surface area contributed by atoms with Crippen LogP contribution >= 0.6 is 23.6 Å². The molecule has 1 aromatic heterocycles. The van der Waals surface area contributed by atoms with Crippen molar-refractivity contribution in [1.82, 2.24) is 0 Å². The Labute approximate surface area is 180 Å². The summed E-state index contributed by atoms with van der Waals surface area (Å²) in [6.07, 6.45) is 0. The third-order valence-electron chi connectivity index (χ3n) is 4.07. The first-order chi connectivity index (χ1) is 14.2. The average molecular weight is 429 g/mol. The van der Waals surface area contributed by atoms with Crippen LogP contribution in [0.3, 0.4) is 0 Å². The van der Waals surface area contributed by atoms with E-state index in [9.17, 15) is 0 Å². The van der Waals surface area contributed by atoms with E-state index in [0.717, 1.165) is 25.2 Å². The van der Waals surface area contributed by atoms with E-state index in [0.29, 0.717) is 45.4 Å². The molecule has 0 amide bonds. The monoisotopic (exact) mass is 428 g/mol. The van der Waals surface area contributed by atoms with Crippen LogP contribution in [-0.2, 0) is 14.2 Å². The van der Waals surface area contributed by atoms with Gasteiger partial charge in [0.15, 0.2) is 0 Å². The standard InChI is InChI=1S/C23H24O4S2/c1-18(19-7-3-2-4-8-19)26-15-13-24-11-12-25-14-16-27-21-17-23(28)29-22-10-6-5-9-20(21)22/h2-10,17H,1,11-16H2. The molecular weight excluding hydrogens is 404 g/mol. The Kier molecular flexibility index (Phi) is 8.64. The van der Waals surface area contributed by atoms with Gasteiger partial charge >= 0.3 is 0 Å². The van der Waals surface area contributed by atoms with Crippen molar-refractivity contribution in [2.45, 2.75) is 0 Å². The molecule has 3 aromatic rings. The van der Waals surface area contributed by atoms with Crippen LogP contribution in [0.25, 0.3) is 15.8 Å². The maximum Gasteiger partial charge on any atom is 0.130 e. The topological polar surface area (TPSA) is 36.9 Å². The molecule has 4 nitrogen and oxygen atoms in total. The summed E-state index contributed by atoms with van der Waals surface area (Å²) in [5.41, 5.74) is 0.978. The maximum atomic E-state index is 5.86. The molecule has 0 aliphatic rings. The lowest BCUT2D eigenvalue weighted by molar-refractivity contribution is 0.0248. The molecule has 2 aromatic carbocycles. The fourth-order valence-electron chi connectivity index (χ4n) is 2.66. The van der Waals surface area contributed by atoms with Crippen molar-refractivity contribution in [2.24, 2.45) is 0 Å². The van der Waals surface area contributed by atoms with Gasteiger partial charge in [0, 0.05) is 21.7 Å². The summed E-state index contributed by atoms with van der Waals surface area (Å²) >= 11 is 6.90. The van der Waals surface area contributed by atoms with Crippen molar-refractivity contribution in [3.63, 3.8) is 0 Å². The van der Waals surface area contributed by atoms with Gasteiger partial charge in [-0.05, 0) is 12.1 Å². The molecule has 0 fully saturated rings. The highest BCUT2D eigenvalue weighted by Gasteiger charge is 2.03. The van der Waals surface area contributed by atoms with Crippen molar-refractivity contribution >= 4 is 39.4 Å². The Balaban J connectivity index is 1.25. The number of rotatable bonds is 12. The van der Waals surface area contributed by atoms with Gasteiger partial charge in [0.05, 0.1) is 30.3 Å². The van der Waals surface area contributed by atoms with Crippen molar-refractivity contribution in [1.29, 1.82) is 0 Å². The van der Waals surface area contributed by atoms with Crippen LogP contribution in [0.5, 0.6) is 5.75 Å². The van der Waals surface area contributed by atoms with E-state index in [2.05, 4.69) is 12.6 Å². The molecule has 0 spiro atoms. The van der Waals surface area contributed by atoms with Gasteiger partial charge in [-0.15, -0.1) is 11.3 Å². The van der Waals surface area contributed by atoms with Gasteiger partial charge in [0.1, 0.15) is 24.7 Å². The first-order valence-electron chi connectivity index (χ1n) is 9.42. The smallest absolute Gasteiger partial charge is 0.130 e. The molecule has 29 heavy (non-hydrogen) atoms. The van der Waals surface area contributed by atoms with Gasteiger partial charge in [-0.3, -0.25) is 0 Å². The SMILES string of the molecule is C=C(OCCOCCOCCOc1cc(=S)sc2ccccc12)c1ccccc1. The van der Waals surface area contributed by atoms with Crippen LogP contribution in [0.2, 0.25) is 0 Å². The first-order valence-corrected chi connectivity index (χ1v) is 10.6. The van der Waals surface area contributed by atoms with E-state index in [-0.39, 0.29) is 0 Å². The highest BCUT2D eigenvalue weighted by molar-refractivity contribution is 7.73. The summed E-state index contributed by atoms with van der Waals surface area (Å²) in [6, 6.07) is 19.8. The molecule has 0 bridgehead atoms. The summed E-state index contributed by atoms with van der Waals surface area (Å²) in [5, 5.41) is 1.08.